The number of H-pyrrole nitrogens is 1. The van der Waals surface area contributed by atoms with Gasteiger partial charge in [-0.3, -0.25) is 24.5 Å². The van der Waals surface area contributed by atoms with Gasteiger partial charge in [0.1, 0.15) is 6.04 Å². The van der Waals surface area contributed by atoms with Gasteiger partial charge in [-0.05, 0) is 55.2 Å². The summed E-state index contributed by atoms with van der Waals surface area (Å²) in [5, 5.41) is 2.35. The number of fused-ring (bicyclic) bond motifs is 1. The Kier molecular flexibility index (Phi) is 5.16. The molecule has 0 bridgehead atoms. The van der Waals surface area contributed by atoms with Crippen molar-refractivity contribution >= 4 is 29.3 Å². The summed E-state index contributed by atoms with van der Waals surface area (Å²) in [6.45, 7) is 3.90. The summed E-state index contributed by atoms with van der Waals surface area (Å²) in [5.41, 5.74) is 3.87. The first kappa shape index (κ1) is 21.9. The minimum atomic E-state index is -0.590. The van der Waals surface area contributed by atoms with Crippen LogP contribution in [0.4, 0.5) is 5.69 Å². The van der Waals surface area contributed by atoms with Crippen LogP contribution in [-0.2, 0) is 27.3 Å². The van der Waals surface area contributed by atoms with Crippen molar-refractivity contribution in [3.05, 3.63) is 53.3 Å². The number of likely N-dealkylation sites (tertiary alicyclic amines) is 1. The number of rotatable bonds is 4. The van der Waals surface area contributed by atoms with E-state index < -0.39 is 6.04 Å². The molecule has 0 radical (unpaired) electrons. The lowest BCUT2D eigenvalue weighted by Gasteiger charge is -2.55. The monoisotopic (exact) mass is 475 g/mol. The third kappa shape index (κ3) is 3.88. The first-order valence-electron chi connectivity index (χ1n) is 12.3. The Balaban J connectivity index is 1.06. The van der Waals surface area contributed by atoms with Crippen molar-refractivity contribution in [2.45, 2.75) is 44.7 Å². The van der Waals surface area contributed by atoms with Crippen molar-refractivity contribution in [3.63, 3.8) is 0 Å². The van der Waals surface area contributed by atoms with E-state index in [0.717, 1.165) is 56.0 Å². The number of nitrogens with zero attached hydrogens (tertiary/aromatic N) is 3. The molecule has 6 rings (SSSR count). The van der Waals surface area contributed by atoms with Crippen LogP contribution in [0, 0.1) is 5.41 Å². The molecule has 1 spiro atoms. The van der Waals surface area contributed by atoms with E-state index in [-0.39, 0.29) is 35.5 Å². The fourth-order valence-corrected chi connectivity index (χ4v) is 6.00. The predicted octanol–water partition coefficient (Wildman–Crippen LogP) is 1.45. The lowest BCUT2D eigenvalue weighted by molar-refractivity contribution is -0.137. The van der Waals surface area contributed by atoms with E-state index in [1.54, 1.807) is 4.90 Å². The third-order valence-corrected chi connectivity index (χ3v) is 8.11. The van der Waals surface area contributed by atoms with E-state index >= 15 is 0 Å². The molecule has 0 saturated carbocycles. The SMILES string of the molecule is O=C1CCC(N2Cc3cc(N4CC5(CCN(C(=O)Cc6ccc[nH]6)CC5)C4)ccc3C2=O)C(=O)N1. The zero-order valence-electron chi connectivity index (χ0n) is 19.6. The van der Waals surface area contributed by atoms with Crippen molar-refractivity contribution in [2.75, 3.05) is 31.1 Å². The van der Waals surface area contributed by atoms with Crippen molar-refractivity contribution in [2.24, 2.45) is 5.41 Å². The van der Waals surface area contributed by atoms with Crippen LogP contribution in [0.5, 0.6) is 0 Å². The average Bonchev–Trinajstić information content (AvgIpc) is 3.45. The van der Waals surface area contributed by atoms with Gasteiger partial charge in [0, 0.05) is 67.7 Å². The summed E-state index contributed by atoms with van der Waals surface area (Å²) in [6, 6.07) is 9.20. The zero-order valence-corrected chi connectivity index (χ0v) is 19.6. The number of benzene rings is 1. The van der Waals surface area contributed by atoms with Gasteiger partial charge < -0.3 is 19.7 Å². The van der Waals surface area contributed by atoms with E-state index in [2.05, 4.69) is 21.3 Å². The molecule has 4 aliphatic heterocycles. The van der Waals surface area contributed by atoms with Gasteiger partial charge in [-0.2, -0.15) is 0 Å². The Hall–Kier alpha value is -3.62. The van der Waals surface area contributed by atoms with Gasteiger partial charge >= 0.3 is 0 Å². The van der Waals surface area contributed by atoms with Crippen LogP contribution in [0.1, 0.15) is 47.3 Å². The van der Waals surface area contributed by atoms with Gasteiger partial charge in [-0.1, -0.05) is 0 Å². The van der Waals surface area contributed by atoms with E-state index in [1.807, 2.05) is 35.4 Å². The smallest absolute Gasteiger partial charge is 0.255 e. The van der Waals surface area contributed by atoms with Gasteiger partial charge in [0.25, 0.3) is 5.91 Å². The Morgan fingerprint density at radius 1 is 1.09 bits per heavy atom. The zero-order chi connectivity index (χ0) is 24.2. The maximum absolute atomic E-state index is 12.9. The summed E-state index contributed by atoms with van der Waals surface area (Å²) in [6.07, 6.45) is 4.91. The standard InChI is InChI=1S/C26H29N5O4/c32-22-6-5-21(24(34)28-22)31-14-17-12-19(3-4-20(17)25(31)35)30-15-26(16-30)7-10-29(11-8-26)23(33)13-18-2-1-9-27-18/h1-4,9,12,21,27H,5-8,10-11,13-16H2,(H,28,32,34). The molecule has 4 aliphatic rings. The molecule has 3 fully saturated rings. The molecule has 1 unspecified atom stereocenters. The number of anilines is 1. The van der Waals surface area contributed by atoms with Crippen LogP contribution >= 0.6 is 0 Å². The maximum atomic E-state index is 12.9. The van der Waals surface area contributed by atoms with E-state index in [9.17, 15) is 19.2 Å². The second-order valence-electron chi connectivity index (χ2n) is 10.4. The number of imide groups is 1. The number of aromatic nitrogens is 1. The number of hydrogen-bond donors (Lipinski definition) is 2. The molecule has 9 heteroatoms. The van der Waals surface area contributed by atoms with Crippen LogP contribution < -0.4 is 10.2 Å². The van der Waals surface area contributed by atoms with Gasteiger partial charge in [0.05, 0.1) is 6.42 Å². The molecule has 1 aromatic carbocycles. The van der Waals surface area contributed by atoms with Crippen LogP contribution in [-0.4, -0.2) is 70.6 Å². The first-order valence-corrected chi connectivity index (χ1v) is 12.3. The molecule has 9 nitrogen and oxygen atoms in total. The number of aromatic amines is 1. The highest BCUT2D eigenvalue weighted by Crippen LogP contribution is 2.43. The molecule has 35 heavy (non-hydrogen) atoms. The molecule has 2 N–H and O–H groups in total. The van der Waals surface area contributed by atoms with Gasteiger partial charge in [-0.25, -0.2) is 0 Å². The molecule has 0 aliphatic carbocycles. The summed E-state index contributed by atoms with van der Waals surface area (Å²) < 4.78 is 0. The second kappa shape index (κ2) is 8.25. The lowest BCUT2D eigenvalue weighted by Crippen LogP contribution is -2.61. The predicted molar refractivity (Wildman–Crippen MR) is 127 cm³/mol. The van der Waals surface area contributed by atoms with E-state index in [1.165, 1.54) is 0 Å². The summed E-state index contributed by atoms with van der Waals surface area (Å²) >= 11 is 0. The topological polar surface area (TPSA) is 106 Å². The Morgan fingerprint density at radius 3 is 2.60 bits per heavy atom. The molecule has 3 saturated heterocycles. The molecule has 1 atom stereocenters. The Labute approximate surface area is 203 Å². The van der Waals surface area contributed by atoms with Gasteiger partial charge in [0.15, 0.2) is 0 Å². The minimum Gasteiger partial charge on any atom is -0.370 e. The number of nitrogens with one attached hydrogen (secondary N) is 2. The number of amides is 4. The highest BCUT2D eigenvalue weighted by atomic mass is 16.2. The third-order valence-electron chi connectivity index (χ3n) is 8.11. The van der Waals surface area contributed by atoms with E-state index in [0.29, 0.717) is 24.9 Å². The van der Waals surface area contributed by atoms with Crippen LogP contribution in [0.15, 0.2) is 36.5 Å². The van der Waals surface area contributed by atoms with Gasteiger partial charge in [-0.15, -0.1) is 0 Å². The number of piperidine rings is 2. The summed E-state index contributed by atoms with van der Waals surface area (Å²) in [7, 11) is 0. The summed E-state index contributed by atoms with van der Waals surface area (Å²) in [5.74, 6) is -0.620. The number of hydrogen-bond acceptors (Lipinski definition) is 5. The quantitative estimate of drug-likeness (QED) is 0.651. The highest BCUT2D eigenvalue weighted by molar-refractivity contribution is 6.05. The Morgan fingerprint density at radius 2 is 1.89 bits per heavy atom. The van der Waals surface area contributed by atoms with E-state index in [4.69, 9.17) is 0 Å². The molecule has 4 amide bonds. The number of carbonyl (C=O) groups excluding carboxylic acids is 4. The Bertz CT molecular complexity index is 1190. The molecular weight excluding hydrogens is 446 g/mol. The van der Waals surface area contributed by atoms with Crippen molar-refractivity contribution in [1.82, 2.24) is 20.1 Å². The van der Waals surface area contributed by atoms with Crippen LogP contribution in [0.3, 0.4) is 0 Å². The normalized spacial score (nSPS) is 23.4. The van der Waals surface area contributed by atoms with Crippen molar-refractivity contribution < 1.29 is 19.2 Å². The minimum absolute atomic E-state index is 0.141. The largest absolute Gasteiger partial charge is 0.370 e. The number of carbonyl (C=O) groups is 4. The lowest BCUT2D eigenvalue weighted by atomic mass is 9.71. The average molecular weight is 476 g/mol. The molecule has 2 aromatic rings. The molecule has 5 heterocycles. The molecule has 1 aromatic heterocycles. The van der Waals surface area contributed by atoms with Crippen LogP contribution in [0.2, 0.25) is 0 Å². The highest BCUT2D eigenvalue weighted by Gasteiger charge is 2.46. The second-order valence-corrected chi connectivity index (χ2v) is 10.4. The fraction of sp³-hybridized carbons (Fsp3) is 0.462. The fourth-order valence-electron chi connectivity index (χ4n) is 6.00. The van der Waals surface area contributed by atoms with Crippen LogP contribution in [0.25, 0.3) is 0 Å². The first-order chi connectivity index (χ1) is 16.9. The van der Waals surface area contributed by atoms with Crippen molar-refractivity contribution in [3.8, 4) is 0 Å². The molecular formula is C26H29N5O4. The summed E-state index contributed by atoms with van der Waals surface area (Å²) in [4.78, 5) is 58.3. The molecule has 182 valence electrons. The van der Waals surface area contributed by atoms with Gasteiger partial charge in [0.2, 0.25) is 17.7 Å². The maximum Gasteiger partial charge on any atom is 0.255 e. The van der Waals surface area contributed by atoms with Crippen molar-refractivity contribution in [1.29, 1.82) is 0 Å².